The molecule has 3 nitrogen and oxygen atoms in total. The van der Waals surface area contributed by atoms with Crippen molar-refractivity contribution in [2.24, 2.45) is 0 Å². The van der Waals surface area contributed by atoms with Crippen molar-refractivity contribution in [3.05, 3.63) is 91.0 Å². The third-order valence-electron chi connectivity index (χ3n) is 6.29. The summed E-state index contributed by atoms with van der Waals surface area (Å²) in [7, 11) is -1.69. The fourth-order valence-corrected chi connectivity index (χ4v) is 9.02. The van der Waals surface area contributed by atoms with E-state index < -0.39 is 13.4 Å². The summed E-state index contributed by atoms with van der Waals surface area (Å²) in [5, 5.41) is 15.5. The molecule has 0 aliphatic heterocycles. The Morgan fingerprint density at radius 2 is 0.939 bits per heavy atom. The van der Waals surface area contributed by atoms with E-state index in [2.05, 4.69) is 96.3 Å². The summed E-state index contributed by atoms with van der Waals surface area (Å²) in [6.07, 6.45) is 9.77. The SMILES string of the molecule is O=C(O)NCCCCCCCCCC[P+](c1ccccc1)(c1ccccc1)c1ccccc1. The molecule has 0 saturated heterocycles. The smallest absolute Gasteiger partial charge is 0.404 e. The molecule has 4 heteroatoms. The fourth-order valence-electron chi connectivity index (χ4n) is 4.61. The first-order chi connectivity index (χ1) is 16.2. The van der Waals surface area contributed by atoms with E-state index in [9.17, 15) is 4.79 Å². The third kappa shape index (κ3) is 7.44. The van der Waals surface area contributed by atoms with Crippen LogP contribution in [0.5, 0.6) is 0 Å². The Labute approximate surface area is 199 Å². The van der Waals surface area contributed by atoms with Gasteiger partial charge in [0.2, 0.25) is 0 Å². The summed E-state index contributed by atoms with van der Waals surface area (Å²) in [5.41, 5.74) is 0. The van der Waals surface area contributed by atoms with Gasteiger partial charge in [0.1, 0.15) is 23.2 Å². The Morgan fingerprint density at radius 1 is 0.576 bits per heavy atom. The second-order valence-electron chi connectivity index (χ2n) is 8.60. The molecule has 0 fully saturated rings. The van der Waals surface area contributed by atoms with Gasteiger partial charge in [-0.1, -0.05) is 86.7 Å². The average molecular weight is 463 g/mol. The second kappa shape index (κ2) is 13.8. The van der Waals surface area contributed by atoms with Gasteiger partial charge in [-0.15, -0.1) is 0 Å². The van der Waals surface area contributed by atoms with Crippen molar-refractivity contribution in [1.29, 1.82) is 0 Å². The van der Waals surface area contributed by atoms with Gasteiger partial charge in [0.25, 0.3) is 0 Å². The quantitative estimate of drug-likeness (QED) is 0.216. The highest BCUT2D eigenvalue weighted by Crippen LogP contribution is 2.55. The predicted octanol–water partition coefficient (Wildman–Crippen LogP) is 6.37. The summed E-state index contributed by atoms with van der Waals surface area (Å²) in [6, 6.07) is 33.4. The van der Waals surface area contributed by atoms with Crippen LogP contribution in [0.15, 0.2) is 91.0 Å². The molecule has 174 valence electrons. The first-order valence-electron chi connectivity index (χ1n) is 12.3. The first-order valence-corrected chi connectivity index (χ1v) is 14.2. The van der Waals surface area contributed by atoms with Crippen molar-refractivity contribution in [3.63, 3.8) is 0 Å². The van der Waals surface area contributed by atoms with Crippen LogP contribution in [0, 0.1) is 0 Å². The van der Waals surface area contributed by atoms with Gasteiger partial charge in [-0.25, -0.2) is 4.79 Å². The minimum atomic E-state index is -1.69. The van der Waals surface area contributed by atoms with E-state index in [-0.39, 0.29) is 0 Å². The van der Waals surface area contributed by atoms with Gasteiger partial charge in [0, 0.05) is 6.54 Å². The van der Waals surface area contributed by atoms with Gasteiger partial charge in [-0.3, -0.25) is 0 Å². The number of hydrogen-bond donors (Lipinski definition) is 2. The highest BCUT2D eigenvalue weighted by Gasteiger charge is 2.44. The van der Waals surface area contributed by atoms with Gasteiger partial charge in [-0.2, -0.15) is 0 Å². The lowest BCUT2D eigenvalue weighted by Crippen LogP contribution is -2.33. The lowest BCUT2D eigenvalue weighted by atomic mass is 10.1. The van der Waals surface area contributed by atoms with Crippen molar-refractivity contribution < 1.29 is 9.90 Å². The number of amides is 1. The van der Waals surface area contributed by atoms with Gasteiger partial charge < -0.3 is 10.4 Å². The van der Waals surface area contributed by atoms with E-state index in [1.54, 1.807) is 0 Å². The molecule has 0 unspecified atom stereocenters. The molecule has 0 aromatic heterocycles. The highest BCUT2D eigenvalue weighted by atomic mass is 31.2. The number of nitrogens with one attached hydrogen (secondary N) is 1. The van der Waals surface area contributed by atoms with E-state index in [1.807, 2.05) is 0 Å². The van der Waals surface area contributed by atoms with Gasteiger partial charge in [-0.05, 0) is 55.7 Å². The van der Waals surface area contributed by atoms with Crippen LogP contribution in [-0.2, 0) is 0 Å². The molecule has 0 heterocycles. The number of rotatable bonds is 14. The molecule has 0 radical (unpaired) electrons. The molecule has 0 spiro atoms. The molecule has 0 atom stereocenters. The molecule has 3 rings (SSSR count). The van der Waals surface area contributed by atoms with Crippen LogP contribution in [0.25, 0.3) is 0 Å². The summed E-state index contributed by atoms with van der Waals surface area (Å²) in [4.78, 5) is 10.5. The van der Waals surface area contributed by atoms with E-state index in [0.29, 0.717) is 6.54 Å². The van der Waals surface area contributed by atoms with Gasteiger partial charge in [0.05, 0.1) is 6.16 Å². The van der Waals surface area contributed by atoms with Crippen LogP contribution in [0.4, 0.5) is 4.79 Å². The summed E-state index contributed by atoms with van der Waals surface area (Å²) < 4.78 is 0. The largest absolute Gasteiger partial charge is 0.465 e. The molecule has 3 aromatic rings. The maximum atomic E-state index is 10.5. The van der Waals surface area contributed by atoms with E-state index in [0.717, 1.165) is 12.8 Å². The number of carbonyl (C=O) groups is 1. The van der Waals surface area contributed by atoms with Crippen LogP contribution >= 0.6 is 7.26 Å². The molecule has 3 aromatic carbocycles. The maximum absolute atomic E-state index is 10.5. The Hall–Kier alpha value is -2.64. The van der Waals surface area contributed by atoms with Gasteiger partial charge >= 0.3 is 6.09 Å². The molecule has 33 heavy (non-hydrogen) atoms. The van der Waals surface area contributed by atoms with E-state index in [1.165, 1.54) is 60.6 Å². The Bertz CT molecular complexity index is 835. The van der Waals surface area contributed by atoms with Gasteiger partial charge in [0.15, 0.2) is 0 Å². The summed E-state index contributed by atoms with van der Waals surface area (Å²) in [5.74, 6) is 0. The molecule has 2 N–H and O–H groups in total. The number of carboxylic acid groups (broad SMARTS) is 1. The monoisotopic (exact) mass is 462 g/mol. The number of unbranched alkanes of at least 4 members (excludes halogenated alkanes) is 7. The van der Waals surface area contributed by atoms with Crippen LogP contribution in [-0.4, -0.2) is 23.9 Å². The molecule has 1 amide bonds. The zero-order chi connectivity index (χ0) is 23.2. The second-order valence-corrected chi connectivity index (χ2v) is 12.2. The fraction of sp³-hybridized carbons (Fsp3) is 0.345. The number of hydrogen-bond acceptors (Lipinski definition) is 1. The topological polar surface area (TPSA) is 49.3 Å². The van der Waals surface area contributed by atoms with Crippen molar-refractivity contribution in [1.82, 2.24) is 5.32 Å². The Morgan fingerprint density at radius 3 is 1.33 bits per heavy atom. The molecular formula is C29H37NO2P+. The van der Waals surface area contributed by atoms with Crippen molar-refractivity contribution >= 4 is 29.3 Å². The minimum absolute atomic E-state index is 0.569. The molecule has 0 bridgehead atoms. The first kappa shape index (κ1) is 25.0. The van der Waals surface area contributed by atoms with Crippen molar-refractivity contribution in [2.45, 2.75) is 51.4 Å². The van der Waals surface area contributed by atoms with Crippen LogP contribution in [0.2, 0.25) is 0 Å². The normalized spacial score (nSPS) is 11.3. The van der Waals surface area contributed by atoms with Crippen LogP contribution in [0.3, 0.4) is 0 Å². The predicted molar refractivity (Wildman–Crippen MR) is 143 cm³/mol. The summed E-state index contributed by atoms with van der Waals surface area (Å²) in [6.45, 7) is 0.569. The van der Waals surface area contributed by atoms with Crippen LogP contribution < -0.4 is 21.2 Å². The third-order valence-corrected chi connectivity index (χ3v) is 10.8. The maximum Gasteiger partial charge on any atom is 0.404 e. The summed E-state index contributed by atoms with van der Waals surface area (Å²) >= 11 is 0. The molecular weight excluding hydrogens is 425 g/mol. The highest BCUT2D eigenvalue weighted by molar-refractivity contribution is 7.95. The number of benzene rings is 3. The molecule has 0 aliphatic carbocycles. The Balaban J connectivity index is 1.60. The molecule has 0 saturated carbocycles. The van der Waals surface area contributed by atoms with Crippen LogP contribution in [0.1, 0.15) is 51.4 Å². The average Bonchev–Trinajstić information content (AvgIpc) is 2.86. The Kier molecular flexibility index (Phi) is 10.5. The minimum Gasteiger partial charge on any atom is -0.465 e. The van der Waals surface area contributed by atoms with Crippen molar-refractivity contribution in [3.8, 4) is 0 Å². The van der Waals surface area contributed by atoms with Crippen molar-refractivity contribution in [2.75, 3.05) is 12.7 Å². The molecule has 0 aliphatic rings. The van der Waals surface area contributed by atoms with E-state index >= 15 is 0 Å². The lowest BCUT2D eigenvalue weighted by Gasteiger charge is -2.27. The zero-order valence-corrected chi connectivity index (χ0v) is 20.4. The zero-order valence-electron chi connectivity index (χ0n) is 19.5. The lowest BCUT2D eigenvalue weighted by molar-refractivity contribution is 0.194. The standard InChI is InChI=1S/C29H36NO2P/c31-29(32)30-24-16-5-3-1-2-4-6-17-25-33(26-18-10-7-11-19-26,27-20-12-8-13-21-27)28-22-14-9-15-23-28/h7-15,18-23,30H,1-6,16-17,24-25H2/p+1. The van der Waals surface area contributed by atoms with E-state index in [4.69, 9.17) is 5.11 Å².